The van der Waals surface area contributed by atoms with Crippen LogP contribution in [0.4, 0.5) is 0 Å². The van der Waals surface area contributed by atoms with Gasteiger partial charge in [-0.15, -0.1) is 0 Å². The predicted molar refractivity (Wildman–Crippen MR) is 76.6 cm³/mol. The Morgan fingerprint density at radius 1 is 1.45 bits per heavy atom. The molecule has 1 heterocycles. The normalized spacial score (nSPS) is 11.2. The summed E-state index contributed by atoms with van der Waals surface area (Å²) in [6.07, 6.45) is 1.51. The molecule has 0 radical (unpaired) electrons. The number of nitrogens with zero attached hydrogens (tertiary/aromatic N) is 2. The molecule has 0 spiro atoms. The quantitative estimate of drug-likeness (QED) is 0.525. The number of fused-ring (bicyclic) bond motifs is 1. The Morgan fingerprint density at radius 2 is 2.20 bits per heavy atom. The molecule has 0 atom stereocenters. The number of nitrogens with one attached hydrogen (secondary N) is 1. The summed E-state index contributed by atoms with van der Waals surface area (Å²) in [5, 5.41) is 9.90. The van der Waals surface area contributed by atoms with Gasteiger partial charge in [-0.2, -0.15) is 5.26 Å². The second-order valence-corrected chi connectivity index (χ2v) is 4.55. The lowest BCUT2D eigenvalue weighted by molar-refractivity contribution is 0.103. The van der Waals surface area contributed by atoms with Crippen LogP contribution in [0.3, 0.4) is 0 Å². The molecule has 0 aliphatic carbocycles. The van der Waals surface area contributed by atoms with Crippen LogP contribution in [0.2, 0.25) is 0 Å². The van der Waals surface area contributed by atoms with Gasteiger partial charge in [-0.05, 0) is 18.2 Å². The fourth-order valence-electron chi connectivity index (χ4n) is 1.97. The monoisotopic (exact) mass is 269 g/mol. The molecule has 0 saturated carbocycles. The molecule has 1 aromatic carbocycles. The van der Waals surface area contributed by atoms with Crippen LogP contribution < -0.4 is 4.74 Å². The number of ether oxygens (including phenoxy) is 1. The van der Waals surface area contributed by atoms with Crippen molar-refractivity contribution in [3.63, 3.8) is 0 Å². The highest BCUT2D eigenvalue weighted by atomic mass is 16.5. The van der Waals surface area contributed by atoms with Gasteiger partial charge in [0, 0.05) is 31.2 Å². The van der Waals surface area contributed by atoms with E-state index in [1.807, 2.05) is 24.3 Å². The van der Waals surface area contributed by atoms with Gasteiger partial charge in [0.1, 0.15) is 17.4 Å². The number of H-pyrrole nitrogens is 1. The van der Waals surface area contributed by atoms with Gasteiger partial charge in [-0.1, -0.05) is 6.07 Å². The van der Waals surface area contributed by atoms with E-state index in [9.17, 15) is 4.79 Å². The Kier molecular flexibility index (Phi) is 3.76. The molecule has 0 saturated heterocycles. The van der Waals surface area contributed by atoms with Crippen molar-refractivity contribution in [3.8, 4) is 11.8 Å². The van der Waals surface area contributed by atoms with Gasteiger partial charge in [-0.3, -0.25) is 4.79 Å². The van der Waals surface area contributed by atoms with Crippen molar-refractivity contribution in [1.29, 1.82) is 5.26 Å². The van der Waals surface area contributed by atoms with Gasteiger partial charge in [0.05, 0.1) is 12.8 Å². The largest absolute Gasteiger partial charge is 0.496 e. The van der Waals surface area contributed by atoms with Gasteiger partial charge in [0.2, 0.25) is 5.78 Å². The first-order chi connectivity index (χ1) is 9.56. The second kappa shape index (κ2) is 5.49. The number of methoxy groups -OCH3 is 1. The van der Waals surface area contributed by atoms with Crippen molar-refractivity contribution in [2.45, 2.75) is 0 Å². The van der Waals surface area contributed by atoms with E-state index in [0.717, 1.165) is 10.9 Å². The number of hydrogen-bond donors (Lipinski definition) is 1. The SMILES string of the molecule is COc1cccc2[nH]c(C(=O)C(C#N)=CN(C)C)cc12. The van der Waals surface area contributed by atoms with E-state index in [4.69, 9.17) is 10.00 Å². The Balaban J connectivity index is 2.49. The van der Waals surface area contributed by atoms with Crippen LogP contribution in [0.15, 0.2) is 36.0 Å². The molecule has 1 N–H and O–H groups in total. The fraction of sp³-hybridized carbons (Fsp3) is 0.200. The van der Waals surface area contributed by atoms with Crippen molar-refractivity contribution in [2.75, 3.05) is 21.2 Å². The Labute approximate surface area is 117 Å². The van der Waals surface area contributed by atoms with E-state index in [-0.39, 0.29) is 11.4 Å². The maximum absolute atomic E-state index is 12.3. The number of Topliss-reactive ketones (excluding diaryl/α,β-unsaturated/α-hetero) is 1. The van der Waals surface area contributed by atoms with Gasteiger partial charge in [-0.25, -0.2) is 0 Å². The van der Waals surface area contributed by atoms with Gasteiger partial charge >= 0.3 is 0 Å². The first kappa shape index (κ1) is 13.7. The molecule has 20 heavy (non-hydrogen) atoms. The van der Waals surface area contributed by atoms with Crippen LogP contribution in [-0.2, 0) is 0 Å². The third kappa shape index (κ3) is 2.50. The van der Waals surface area contributed by atoms with E-state index in [1.54, 1.807) is 32.2 Å². The summed E-state index contributed by atoms with van der Waals surface area (Å²) in [4.78, 5) is 17.0. The van der Waals surface area contributed by atoms with E-state index >= 15 is 0 Å². The summed E-state index contributed by atoms with van der Waals surface area (Å²) in [6.45, 7) is 0. The standard InChI is InChI=1S/C15H15N3O2/c1-18(2)9-10(8-16)15(19)13-7-11-12(17-13)5-4-6-14(11)20-3/h4-7,9,17H,1-3H3. The highest BCUT2D eigenvalue weighted by Gasteiger charge is 2.16. The minimum absolute atomic E-state index is 0.0838. The number of hydrogen-bond acceptors (Lipinski definition) is 4. The summed E-state index contributed by atoms with van der Waals surface area (Å²) in [5.74, 6) is 0.354. The zero-order chi connectivity index (χ0) is 14.7. The zero-order valence-electron chi connectivity index (χ0n) is 11.6. The lowest BCUT2D eigenvalue weighted by Crippen LogP contribution is -2.09. The topological polar surface area (TPSA) is 69.1 Å². The number of aromatic amines is 1. The minimum Gasteiger partial charge on any atom is -0.496 e. The molecular weight excluding hydrogens is 254 g/mol. The number of aromatic nitrogens is 1. The van der Waals surface area contributed by atoms with Crippen molar-refractivity contribution < 1.29 is 9.53 Å². The lowest BCUT2D eigenvalue weighted by atomic mass is 10.1. The first-order valence-corrected chi connectivity index (χ1v) is 6.05. The Morgan fingerprint density at radius 3 is 2.80 bits per heavy atom. The molecule has 0 unspecified atom stereocenters. The highest BCUT2D eigenvalue weighted by Crippen LogP contribution is 2.26. The van der Waals surface area contributed by atoms with Crippen LogP contribution in [0.25, 0.3) is 10.9 Å². The third-order valence-corrected chi connectivity index (χ3v) is 2.84. The molecule has 0 aliphatic rings. The van der Waals surface area contributed by atoms with Gasteiger partial charge in [0.25, 0.3) is 0 Å². The molecule has 2 rings (SSSR count). The van der Waals surface area contributed by atoms with Crippen LogP contribution in [0, 0.1) is 11.3 Å². The first-order valence-electron chi connectivity index (χ1n) is 6.05. The Hall–Kier alpha value is -2.74. The maximum atomic E-state index is 12.3. The number of ketones is 1. The smallest absolute Gasteiger partial charge is 0.221 e. The number of allylic oxidation sites excluding steroid dienone is 1. The summed E-state index contributed by atoms with van der Waals surface area (Å²) < 4.78 is 5.25. The van der Waals surface area contributed by atoms with E-state index in [2.05, 4.69) is 4.98 Å². The Bertz CT molecular complexity index is 720. The third-order valence-electron chi connectivity index (χ3n) is 2.84. The second-order valence-electron chi connectivity index (χ2n) is 4.55. The zero-order valence-corrected chi connectivity index (χ0v) is 11.6. The molecule has 5 nitrogen and oxygen atoms in total. The summed E-state index contributed by atoms with van der Waals surface area (Å²) in [6, 6.07) is 9.15. The van der Waals surface area contributed by atoms with Crippen LogP contribution in [-0.4, -0.2) is 36.9 Å². The minimum atomic E-state index is -0.334. The van der Waals surface area contributed by atoms with Crippen LogP contribution in [0.1, 0.15) is 10.5 Å². The van der Waals surface area contributed by atoms with Gasteiger partial charge in [0.15, 0.2) is 0 Å². The summed E-state index contributed by atoms with van der Waals surface area (Å²) in [5.41, 5.74) is 1.26. The molecule has 0 bridgehead atoms. The number of carbonyl (C=O) groups excluding carboxylic acids is 1. The van der Waals surface area contributed by atoms with E-state index < -0.39 is 0 Å². The van der Waals surface area contributed by atoms with Crippen molar-refractivity contribution in [2.24, 2.45) is 0 Å². The molecule has 2 aromatic rings. The molecule has 5 heteroatoms. The lowest BCUT2D eigenvalue weighted by Gasteiger charge is -2.04. The number of nitriles is 1. The maximum Gasteiger partial charge on any atom is 0.221 e. The number of carbonyl (C=O) groups is 1. The molecule has 102 valence electrons. The number of benzene rings is 1. The molecule has 0 aliphatic heterocycles. The van der Waals surface area contributed by atoms with Crippen molar-refractivity contribution in [3.05, 3.63) is 41.7 Å². The molecular formula is C15H15N3O2. The van der Waals surface area contributed by atoms with Crippen molar-refractivity contribution in [1.82, 2.24) is 9.88 Å². The highest BCUT2D eigenvalue weighted by molar-refractivity contribution is 6.12. The predicted octanol–water partition coefficient (Wildman–Crippen LogP) is 2.33. The average molecular weight is 269 g/mol. The number of rotatable bonds is 4. The summed E-state index contributed by atoms with van der Waals surface area (Å²) >= 11 is 0. The molecule has 1 aromatic heterocycles. The van der Waals surface area contributed by atoms with E-state index in [1.165, 1.54) is 6.20 Å². The molecule has 0 amide bonds. The van der Waals surface area contributed by atoms with Crippen molar-refractivity contribution >= 4 is 16.7 Å². The summed E-state index contributed by atoms with van der Waals surface area (Å²) in [7, 11) is 5.10. The molecule has 0 fully saturated rings. The van der Waals surface area contributed by atoms with Crippen LogP contribution in [0.5, 0.6) is 5.75 Å². The van der Waals surface area contributed by atoms with Crippen LogP contribution >= 0.6 is 0 Å². The fourth-order valence-corrected chi connectivity index (χ4v) is 1.97. The van der Waals surface area contributed by atoms with E-state index in [0.29, 0.717) is 11.4 Å². The average Bonchev–Trinajstić information content (AvgIpc) is 2.87. The van der Waals surface area contributed by atoms with Gasteiger partial charge < -0.3 is 14.6 Å².